The lowest BCUT2D eigenvalue weighted by molar-refractivity contribution is -0.135. The highest BCUT2D eigenvalue weighted by Gasteiger charge is 2.36. The number of likely N-dealkylation sites (tertiary alicyclic amines) is 1. The van der Waals surface area contributed by atoms with Gasteiger partial charge in [0.05, 0.1) is 11.2 Å². The van der Waals surface area contributed by atoms with Crippen molar-refractivity contribution < 1.29 is 23.9 Å². The molecule has 1 aromatic heterocycles. The van der Waals surface area contributed by atoms with Crippen LogP contribution in [0.1, 0.15) is 37.9 Å². The van der Waals surface area contributed by atoms with Crippen molar-refractivity contribution in [3.8, 4) is 0 Å². The zero-order valence-electron chi connectivity index (χ0n) is 14.4. The summed E-state index contributed by atoms with van der Waals surface area (Å²) in [7, 11) is 0. The van der Waals surface area contributed by atoms with Crippen molar-refractivity contribution in [1.29, 1.82) is 0 Å². The Morgan fingerprint density at radius 1 is 1.38 bits per heavy atom. The summed E-state index contributed by atoms with van der Waals surface area (Å²) in [6.07, 6.45) is 6.59. The lowest BCUT2D eigenvalue weighted by atomic mass is 9.99. The Morgan fingerprint density at radius 2 is 2.23 bits per heavy atom. The van der Waals surface area contributed by atoms with Crippen molar-refractivity contribution >= 4 is 34.9 Å². The van der Waals surface area contributed by atoms with E-state index >= 15 is 0 Å². The second-order valence-electron chi connectivity index (χ2n) is 6.35. The quantitative estimate of drug-likeness (QED) is 0.765. The zero-order valence-corrected chi connectivity index (χ0v) is 15.2. The number of hydrogen-bond acceptors (Lipinski definition) is 6. The molecule has 0 saturated carbocycles. The van der Waals surface area contributed by atoms with E-state index in [1.807, 2.05) is 0 Å². The average Bonchev–Trinajstić information content (AvgIpc) is 3.23. The molecule has 0 spiro atoms. The molecule has 2 fully saturated rings. The fourth-order valence-corrected chi connectivity index (χ4v) is 4.17. The van der Waals surface area contributed by atoms with Gasteiger partial charge in [-0.25, -0.2) is 0 Å². The van der Waals surface area contributed by atoms with E-state index in [-0.39, 0.29) is 36.8 Å². The van der Waals surface area contributed by atoms with Gasteiger partial charge < -0.3 is 14.4 Å². The van der Waals surface area contributed by atoms with Gasteiger partial charge >= 0.3 is 0 Å². The first-order chi connectivity index (χ1) is 12.6. The number of hydrogen-bond donors (Lipinski definition) is 1. The van der Waals surface area contributed by atoms with Gasteiger partial charge in [-0.15, -0.1) is 0 Å². The van der Waals surface area contributed by atoms with Crippen molar-refractivity contribution in [2.75, 3.05) is 19.7 Å². The fourth-order valence-electron chi connectivity index (χ4n) is 3.32. The van der Waals surface area contributed by atoms with Gasteiger partial charge in [0.25, 0.3) is 11.1 Å². The monoisotopic (exact) mass is 378 g/mol. The Balaban J connectivity index is 1.59. The van der Waals surface area contributed by atoms with Crippen LogP contribution in [0.5, 0.6) is 0 Å². The van der Waals surface area contributed by atoms with E-state index < -0.39 is 5.91 Å². The normalized spacial score (nSPS) is 22.5. The number of amides is 3. The predicted molar refractivity (Wildman–Crippen MR) is 97.1 cm³/mol. The van der Waals surface area contributed by atoms with Gasteiger partial charge in [-0.3, -0.25) is 19.3 Å². The Hall–Kier alpha value is -2.06. The molecule has 2 saturated heterocycles. The van der Waals surface area contributed by atoms with Crippen molar-refractivity contribution in [2.45, 2.75) is 38.1 Å². The van der Waals surface area contributed by atoms with Gasteiger partial charge in [-0.1, -0.05) is 0 Å². The number of thioether (sulfide) groups is 1. The smallest absolute Gasteiger partial charge is 0.293 e. The molecule has 2 aliphatic rings. The van der Waals surface area contributed by atoms with Crippen LogP contribution >= 0.6 is 11.8 Å². The van der Waals surface area contributed by atoms with Crippen LogP contribution in [0.3, 0.4) is 0 Å². The van der Waals surface area contributed by atoms with Crippen molar-refractivity contribution in [3.05, 3.63) is 29.1 Å². The second kappa shape index (κ2) is 8.55. The average molecular weight is 378 g/mol. The van der Waals surface area contributed by atoms with Crippen LogP contribution in [0.25, 0.3) is 6.08 Å². The number of aliphatic hydroxyl groups is 1. The number of imide groups is 1. The summed E-state index contributed by atoms with van der Waals surface area (Å²) < 4.78 is 5.17. The van der Waals surface area contributed by atoms with Crippen molar-refractivity contribution in [3.63, 3.8) is 0 Å². The number of nitrogens with zero attached hydrogens (tertiary/aromatic N) is 2. The molecule has 1 atom stereocenters. The summed E-state index contributed by atoms with van der Waals surface area (Å²) in [6.45, 7) is 0.792. The molecule has 3 heterocycles. The summed E-state index contributed by atoms with van der Waals surface area (Å²) in [5.41, 5.74) is 0. The summed E-state index contributed by atoms with van der Waals surface area (Å²) >= 11 is 0.857. The van der Waals surface area contributed by atoms with E-state index in [4.69, 9.17) is 4.42 Å². The molecule has 8 heteroatoms. The molecule has 0 bridgehead atoms. The molecule has 7 nitrogen and oxygen atoms in total. The van der Waals surface area contributed by atoms with E-state index in [1.54, 1.807) is 17.0 Å². The Kier molecular flexibility index (Phi) is 6.16. The minimum absolute atomic E-state index is 0.0507. The molecule has 0 unspecified atom stereocenters. The van der Waals surface area contributed by atoms with Crippen LogP contribution in [0.4, 0.5) is 4.79 Å². The van der Waals surface area contributed by atoms with Crippen LogP contribution in [0, 0.1) is 0 Å². The third-order valence-corrected chi connectivity index (χ3v) is 5.56. The van der Waals surface area contributed by atoms with Crippen LogP contribution in [-0.4, -0.2) is 57.7 Å². The molecule has 140 valence electrons. The summed E-state index contributed by atoms with van der Waals surface area (Å²) in [4.78, 5) is 40.3. The summed E-state index contributed by atoms with van der Waals surface area (Å²) in [5, 5.41) is 8.80. The largest absolute Gasteiger partial charge is 0.465 e. The first-order valence-electron chi connectivity index (χ1n) is 8.79. The third kappa shape index (κ3) is 4.19. The maximum Gasteiger partial charge on any atom is 0.293 e. The molecular weight excluding hydrogens is 356 g/mol. The van der Waals surface area contributed by atoms with Gasteiger partial charge in [0, 0.05) is 38.2 Å². The Morgan fingerprint density at radius 3 is 2.96 bits per heavy atom. The molecule has 3 amide bonds. The lowest BCUT2D eigenvalue weighted by Crippen LogP contribution is -2.45. The van der Waals surface area contributed by atoms with E-state index in [9.17, 15) is 19.5 Å². The van der Waals surface area contributed by atoms with E-state index in [1.165, 1.54) is 12.3 Å². The SMILES string of the molecule is O=C1S/C(=C\c2ccco2)C(=O)N1CCC(=O)N1CCCC[C@@H]1CCO. The maximum absolute atomic E-state index is 12.5. The maximum atomic E-state index is 12.5. The third-order valence-electron chi connectivity index (χ3n) is 4.65. The zero-order chi connectivity index (χ0) is 18.5. The molecule has 0 aliphatic carbocycles. The highest BCUT2D eigenvalue weighted by molar-refractivity contribution is 8.18. The standard InChI is InChI=1S/C18H22N2O5S/c21-10-7-13-4-1-2-8-19(13)16(22)6-9-20-17(23)15(26-18(20)24)12-14-5-3-11-25-14/h3,5,11-13,21H,1-2,4,6-10H2/b15-12-/t13-/m1/s1. The number of carbonyl (C=O) groups is 3. The molecular formula is C18H22N2O5S. The van der Waals surface area contributed by atoms with Gasteiger partial charge in [0.15, 0.2) is 0 Å². The van der Waals surface area contributed by atoms with Gasteiger partial charge in [0.2, 0.25) is 5.91 Å². The topological polar surface area (TPSA) is 91.1 Å². The molecule has 0 aromatic carbocycles. The summed E-state index contributed by atoms with van der Waals surface area (Å²) in [6, 6.07) is 3.46. The number of rotatable bonds is 6. The molecule has 3 rings (SSSR count). The predicted octanol–water partition coefficient (Wildman–Crippen LogP) is 2.47. The van der Waals surface area contributed by atoms with Gasteiger partial charge in [-0.05, 0) is 49.6 Å². The number of piperidine rings is 1. The second-order valence-corrected chi connectivity index (χ2v) is 7.34. The van der Waals surface area contributed by atoms with Gasteiger partial charge in [0.1, 0.15) is 5.76 Å². The van der Waals surface area contributed by atoms with Crippen LogP contribution in [-0.2, 0) is 9.59 Å². The van der Waals surface area contributed by atoms with Crippen LogP contribution < -0.4 is 0 Å². The minimum atomic E-state index is -0.394. The van der Waals surface area contributed by atoms with E-state index in [0.717, 1.165) is 35.9 Å². The molecule has 0 radical (unpaired) electrons. The van der Waals surface area contributed by atoms with E-state index in [0.29, 0.717) is 23.6 Å². The lowest BCUT2D eigenvalue weighted by Gasteiger charge is -2.36. The van der Waals surface area contributed by atoms with Crippen molar-refractivity contribution in [1.82, 2.24) is 9.80 Å². The first kappa shape index (κ1) is 18.7. The number of aliphatic hydroxyl groups excluding tert-OH is 1. The highest BCUT2D eigenvalue weighted by Crippen LogP contribution is 2.32. The molecule has 1 aromatic rings. The number of carbonyl (C=O) groups excluding carboxylic acids is 3. The fraction of sp³-hybridized carbons (Fsp3) is 0.500. The molecule has 1 N–H and O–H groups in total. The number of furan rings is 1. The highest BCUT2D eigenvalue weighted by atomic mass is 32.2. The first-order valence-corrected chi connectivity index (χ1v) is 9.61. The van der Waals surface area contributed by atoms with Crippen LogP contribution in [0.2, 0.25) is 0 Å². The van der Waals surface area contributed by atoms with Crippen LogP contribution in [0.15, 0.2) is 27.7 Å². The molecule has 2 aliphatic heterocycles. The van der Waals surface area contributed by atoms with Gasteiger partial charge in [-0.2, -0.15) is 0 Å². The summed E-state index contributed by atoms with van der Waals surface area (Å²) in [5.74, 6) is 0.0405. The Labute approximate surface area is 156 Å². The van der Waals surface area contributed by atoms with Crippen molar-refractivity contribution in [2.24, 2.45) is 0 Å². The Bertz CT molecular complexity index is 698. The molecule has 26 heavy (non-hydrogen) atoms. The minimum Gasteiger partial charge on any atom is -0.465 e. The van der Waals surface area contributed by atoms with E-state index in [2.05, 4.69) is 0 Å².